The standard InChI is InChI=1S/C22H29N3O2/c1-15-20(16(2)27-23-15)22(26)25-14-18(17-10-6-4-7-11-17)21-19(25)12-8-5-9-13-24(21)3/h4,6-7,10-11,18-19,21H,5,8-9,12-14H2,1-3H3/t18-,19+,21-/m0/s1. The van der Waals surface area contributed by atoms with Crippen LogP contribution in [0.15, 0.2) is 34.9 Å². The van der Waals surface area contributed by atoms with Crippen molar-refractivity contribution in [3.8, 4) is 0 Å². The molecule has 0 aliphatic carbocycles. The molecule has 0 unspecified atom stereocenters. The van der Waals surface area contributed by atoms with Crippen LogP contribution < -0.4 is 0 Å². The second-order valence-corrected chi connectivity index (χ2v) is 8.06. The third-order valence-electron chi connectivity index (χ3n) is 6.36. The molecule has 0 N–H and O–H groups in total. The molecule has 1 aromatic heterocycles. The molecule has 3 atom stereocenters. The SMILES string of the molecule is Cc1noc(C)c1C(=O)N1C[C@@H](c2ccccc2)[C@H]2[C@H]1CCCCCN2C. The normalized spacial score (nSPS) is 26.5. The van der Waals surface area contributed by atoms with Crippen molar-refractivity contribution in [1.29, 1.82) is 0 Å². The average molecular weight is 367 g/mol. The van der Waals surface area contributed by atoms with Crippen molar-refractivity contribution >= 4 is 5.91 Å². The van der Waals surface area contributed by atoms with E-state index in [4.69, 9.17) is 4.52 Å². The summed E-state index contributed by atoms with van der Waals surface area (Å²) in [5.41, 5.74) is 2.66. The Balaban J connectivity index is 1.72. The molecule has 27 heavy (non-hydrogen) atoms. The molecule has 1 amide bonds. The van der Waals surface area contributed by atoms with Crippen LogP contribution in [0.3, 0.4) is 0 Å². The fourth-order valence-corrected chi connectivity index (χ4v) is 5.04. The second kappa shape index (κ2) is 7.47. The van der Waals surface area contributed by atoms with Crippen molar-refractivity contribution in [2.45, 2.75) is 57.5 Å². The molecule has 2 aliphatic rings. The van der Waals surface area contributed by atoms with Crippen molar-refractivity contribution in [2.75, 3.05) is 20.1 Å². The summed E-state index contributed by atoms with van der Waals surface area (Å²) >= 11 is 0. The van der Waals surface area contributed by atoms with Crippen molar-refractivity contribution < 1.29 is 9.32 Å². The maximum atomic E-state index is 13.5. The van der Waals surface area contributed by atoms with E-state index in [1.54, 1.807) is 0 Å². The zero-order chi connectivity index (χ0) is 19.0. The molecular weight excluding hydrogens is 338 g/mol. The first-order valence-corrected chi connectivity index (χ1v) is 10.1. The molecule has 0 saturated carbocycles. The molecular formula is C22H29N3O2. The Morgan fingerprint density at radius 2 is 1.93 bits per heavy atom. The maximum Gasteiger partial charge on any atom is 0.259 e. The second-order valence-electron chi connectivity index (χ2n) is 8.06. The van der Waals surface area contributed by atoms with Crippen LogP contribution in [0.2, 0.25) is 0 Å². The van der Waals surface area contributed by atoms with Gasteiger partial charge in [0.05, 0.1) is 5.69 Å². The third-order valence-corrected chi connectivity index (χ3v) is 6.36. The number of likely N-dealkylation sites (N-methyl/N-ethyl adjacent to an activating group) is 1. The van der Waals surface area contributed by atoms with Crippen LogP contribution in [-0.2, 0) is 0 Å². The maximum absolute atomic E-state index is 13.5. The molecule has 2 fully saturated rings. The predicted molar refractivity (Wildman–Crippen MR) is 105 cm³/mol. The summed E-state index contributed by atoms with van der Waals surface area (Å²) in [6, 6.07) is 11.3. The van der Waals surface area contributed by atoms with Gasteiger partial charge in [0.15, 0.2) is 0 Å². The minimum atomic E-state index is 0.0775. The summed E-state index contributed by atoms with van der Waals surface area (Å²) in [6.07, 6.45) is 4.71. The van der Waals surface area contributed by atoms with E-state index in [2.05, 4.69) is 52.3 Å². The van der Waals surface area contributed by atoms with E-state index in [1.807, 2.05) is 13.8 Å². The van der Waals surface area contributed by atoms with E-state index in [0.29, 0.717) is 29.0 Å². The van der Waals surface area contributed by atoms with Crippen LogP contribution in [-0.4, -0.2) is 53.1 Å². The van der Waals surface area contributed by atoms with Gasteiger partial charge in [0.2, 0.25) is 0 Å². The summed E-state index contributed by atoms with van der Waals surface area (Å²) in [7, 11) is 2.23. The lowest BCUT2D eigenvalue weighted by Crippen LogP contribution is -2.47. The van der Waals surface area contributed by atoms with E-state index in [9.17, 15) is 4.79 Å². The lowest BCUT2D eigenvalue weighted by atomic mass is 9.87. The number of amides is 1. The van der Waals surface area contributed by atoms with Gasteiger partial charge in [-0.3, -0.25) is 4.79 Å². The van der Waals surface area contributed by atoms with Crippen LogP contribution in [0.4, 0.5) is 0 Å². The number of rotatable bonds is 2. The number of hydrogen-bond acceptors (Lipinski definition) is 4. The van der Waals surface area contributed by atoms with Crippen LogP contribution in [0.1, 0.15) is 59.0 Å². The summed E-state index contributed by atoms with van der Waals surface area (Å²) < 4.78 is 5.28. The minimum Gasteiger partial charge on any atom is -0.361 e. The van der Waals surface area contributed by atoms with E-state index in [0.717, 1.165) is 19.5 Å². The highest BCUT2D eigenvalue weighted by Gasteiger charge is 2.47. The molecule has 2 aromatic rings. The topological polar surface area (TPSA) is 49.6 Å². The highest BCUT2D eigenvalue weighted by atomic mass is 16.5. The Kier molecular flexibility index (Phi) is 5.04. The number of fused-ring (bicyclic) bond motifs is 1. The molecule has 0 radical (unpaired) electrons. The number of carbonyl (C=O) groups is 1. The zero-order valence-corrected chi connectivity index (χ0v) is 16.5. The molecule has 5 heteroatoms. The molecule has 5 nitrogen and oxygen atoms in total. The Morgan fingerprint density at radius 1 is 1.15 bits per heavy atom. The van der Waals surface area contributed by atoms with E-state index >= 15 is 0 Å². The van der Waals surface area contributed by atoms with Gasteiger partial charge in [-0.1, -0.05) is 48.3 Å². The van der Waals surface area contributed by atoms with Crippen LogP contribution in [0.5, 0.6) is 0 Å². The lowest BCUT2D eigenvalue weighted by molar-refractivity contribution is 0.0667. The quantitative estimate of drug-likeness (QED) is 0.811. The molecule has 0 bridgehead atoms. The van der Waals surface area contributed by atoms with Gasteiger partial charge < -0.3 is 14.3 Å². The number of hydrogen-bond donors (Lipinski definition) is 0. The molecule has 2 saturated heterocycles. The summed E-state index contributed by atoms with van der Waals surface area (Å²) in [4.78, 5) is 18.1. The number of aryl methyl sites for hydroxylation is 2. The summed E-state index contributed by atoms with van der Waals surface area (Å²) in [5.74, 6) is 1.04. The number of benzene rings is 1. The molecule has 1 aromatic carbocycles. The number of aromatic nitrogens is 1. The van der Waals surface area contributed by atoms with Crippen LogP contribution in [0, 0.1) is 13.8 Å². The summed E-state index contributed by atoms with van der Waals surface area (Å²) in [6.45, 7) is 5.54. The fourth-order valence-electron chi connectivity index (χ4n) is 5.04. The van der Waals surface area contributed by atoms with Crippen molar-refractivity contribution in [3.63, 3.8) is 0 Å². The first-order valence-electron chi connectivity index (χ1n) is 10.1. The van der Waals surface area contributed by atoms with Gasteiger partial charge in [-0.25, -0.2) is 0 Å². The molecule has 4 rings (SSSR count). The zero-order valence-electron chi connectivity index (χ0n) is 16.5. The number of nitrogens with zero attached hydrogens (tertiary/aromatic N) is 3. The number of carbonyl (C=O) groups excluding carboxylic acids is 1. The third kappa shape index (κ3) is 3.29. The van der Waals surface area contributed by atoms with Gasteiger partial charge in [-0.15, -0.1) is 0 Å². The van der Waals surface area contributed by atoms with Gasteiger partial charge in [-0.05, 0) is 45.8 Å². The van der Waals surface area contributed by atoms with Crippen molar-refractivity contribution in [1.82, 2.24) is 15.0 Å². The van der Waals surface area contributed by atoms with Gasteiger partial charge in [0.1, 0.15) is 11.3 Å². The van der Waals surface area contributed by atoms with E-state index in [-0.39, 0.29) is 11.9 Å². The van der Waals surface area contributed by atoms with Crippen LogP contribution in [0.25, 0.3) is 0 Å². The average Bonchev–Trinajstić information content (AvgIpc) is 3.20. The largest absolute Gasteiger partial charge is 0.361 e. The molecule has 144 valence electrons. The minimum absolute atomic E-state index is 0.0775. The highest BCUT2D eigenvalue weighted by molar-refractivity contribution is 5.96. The molecule has 3 heterocycles. The van der Waals surface area contributed by atoms with Gasteiger partial charge in [0, 0.05) is 24.5 Å². The van der Waals surface area contributed by atoms with Crippen LogP contribution >= 0.6 is 0 Å². The predicted octanol–water partition coefficient (Wildman–Crippen LogP) is 3.77. The smallest absolute Gasteiger partial charge is 0.259 e. The number of likely N-dealkylation sites (tertiary alicyclic amines) is 2. The van der Waals surface area contributed by atoms with E-state index in [1.165, 1.54) is 24.8 Å². The fraction of sp³-hybridized carbons (Fsp3) is 0.545. The molecule has 0 spiro atoms. The Labute approximate surface area is 161 Å². The van der Waals surface area contributed by atoms with Crippen molar-refractivity contribution in [3.05, 3.63) is 52.9 Å². The summed E-state index contributed by atoms with van der Waals surface area (Å²) in [5, 5.41) is 4.01. The van der Waals surface area contributed by atoms with Crippen molar-refractivity contribution in [2.24, 2.45) is 0 Å². The van der Waals surface area contributed by atoms with Gasteiger partial charge >= 0.3 is 0 Å². The molecule has 2 aliphatic heterocycles. The Morgan fingerprint density at radius 3 is 2.63 bits per heavy atom. The Bertz CT molecular complexity index is 782. The lowest BCUT2D eigenvalue weighted by Gasteiger charge is -2.37. The highest BCUT2D eigenvalue weighted by Crippen LogP contribution is 2.39. The van der Waals surface area contributed by atoms with Gasteiger partial charge in [-0.2, -0.15) is 0 Å². The Hall–Kier alpha value is -2.14. The first-order chi connectivity index (χ1) is 13.1. The monoisotopic (exact) mass is 367 g/mol. The van der Waals surface area contributed by atoms with E-state index < -0.39 is 0 Å². The first kappa shape index (κ1) is 18.2. The van der Waals surface area contributed by atoms with Gasteiger partial charge in [0.25, 0.3) is 5.91 Å².